The molecular formula is C11H14N2O4S. The predicted octanol–water partition coefficient (Wildman–Crippen LogP) is 1.50. The van der Waals surface area contributed by atoms with Gasteiger partial charge < -0.3 is 5.32 Å². The van der Waals surface area contributed by atoms with Crippen LogP contribution in [-0.2, 0) is 9.84 Å². The van der Waals surface area contributed by atoms with Crippen LogP contribution in [0.1, 0.15) is 12.0 Å². The number of anilines is 1. The molecule has 7 heteroatoms. The minimum absolute atomic E-state index is 0.0390. The van der Waals surface area contributed by atoms with Crippen LogP contribution in [0.2, 0.25) is 0 Å². The highest BCUT2D eigenvalue weighted by atomic mass is 32.2. The largest absolute Gasteiger partial charge is 0.381 e. The van der Waals surface area contributed by atoms with Gasteiger partial charge in [-0.05, 0) is 25.0 Å². The number of nitrogens with one attached hydrogen (secondary N) is 1. The summed E-state index contributed by atoms with van der Waals surface area (Å²) in [6.45, 7) is 1.76. The maximum absolute atomic E-state index is 11.3. The first-order valence-corrected chi connectivity index (χ1v) is 7.41. The number of hydrogen-bond acceptors (Lipinski definition) is 5. The van der Waals surface area contributed by atoms with Gasteiger partial charge in [0.1, 0.15) is 0 Å². The maximum Gasteiger partial charge on any atom is 0.269 e. The van der Waals surface area contributed by atoms with Crippen LogP contribution in [0.4, 0.5) is 11.4 Å². The van der Waals surface area contributed by atoms with Crippen LogP contribution in [0.3, 0.4) is 0 Å². The third-order valence-electron chi connectivity index (χ3n) is 3.01. The van der Waals surface area contributed by atoms with Crippen molar-refractivity contribution >= 4 is 21.2 Å². The summed E-state index contributed by atoms with van der Waals surface area (Å²) < 4.78 is 22.7. The molecule has 2 rings (SSSR count). The van der Waals surface area contributed by atoms with E-state index in [0.29, 0.717) is 6.42 Å². The molecule has 0 aromatic heterocycles. The molecule has 1 aromatic rings. The quantitative estimate of drug-likeness (QED) is 0.664. The van der Waals surface area contributed by atoms with Crippen molar-refractivity contribution in [2.75, 3.05) is 16.8 Å². The fourth-order valence-corrected chi connectivity index (χ4v) is 3.73. The number of non-ortho nitro benzene ring substituents is 1. The lowest BCUT2D eigenvalue weighted by Gasteiger charge is -2.14. The molecule has 6 nitrogen and oxygen atoms in total. The molecule has 0 saturated carbocycles. The standard InChI is InChI=1S/C11H14N2O4S/c1-8-6-10(13(14)15)2-3-11(8)12-9-4-5-18(16,17)7-9/h2-3,6,9,12H,4-5,7H2,1H3. The van der Waals surface area contributed by atoms with E-state index in [1.165, 1.54) is 12.1 Å². The average Bonchev–Trinajstić information content (AvgIpc) is 2.61. The van der Waals surface area contributed by atoms with Gasteiger partial charge in [0.25, 0.3) is 5.69 Å². The Balaban J connectivity index is 2.13. The van der Waals surface area contributed by atoms with Crippen molar-refractivity contribution in [3.05, 3.63) is 33.9 Å². The van der Waals surface area contributed by atoms with E-state index in [1.54, 1.807) is 13.0 Å². The highest BCUT2D eigenvalue weighted by molar-refractivity contribution is 7.91. The molecule has 98 valence electrons. The molecule has 0 spiro atoms. The van der Waals surface area contributed by atoms with E-state index < -0.39 is 14.8 Å². The van der Waals surface area contributed by atoms with Crippen LogP contribution in [0.5, 0.6) is 0 Å². The minimum atomic E-state index is -2.92. The van der Waals surface area contributed by atoms with Crippen molar-refractivity contribution in [1.82, 2.24) is 0 Å². The first kappa shape index (κ1) is 12.8. The molecule has 1 atom stereocenters. The molecule has 0 bridgehead atoms. The van der Waals surface area contributed by atoms with Gasteiger partial charge >= 0.3 is 0 Å². The van der Waals surface area contributed by atoms with Crippen molar-refractivity contribution in [3.8, 4) is 0 Å². The van der Waals surface area contributed by atoms with E-state index in [0.717, 1.165) is 11.3 Å². The third kappa shape index (κ3) is 2.79. The van der Waals surface area contributed by atoms with Crippen molar-refractivity contribution in [2.45, 2.75) is 19.4 Å². The molecule has 18 heavy (non-hydrogen) atoms. The molecule has 1 fully saturated rings. The molecular weight excluding hydrogens is 256 g/mol. The molecule has 1 aliphatic heterocycles. The summed E-state index contributed by atoms with van der Waals surface area (Å²) in [6.07, 6.45) is 0.582. The van der Waals surface area contributed by atoms with Gasteiger partial charge in [0.2, 0.25) is 0 Å². The van der Waals surface area contributed by atoms with Crippen LogP contribution < -0.4 is 5.32 Å². The summed E-state index contributed by atoms with van der Waals surface area (Å²) in [6, 6.07) is 4.42. The fourth-order valence-electron chi connectivity index (χ4n) is 2.05. The molecule has 1 saturated heterocycles. The molecule has 1 N–H and O–H groups in total. The Kier molecular flexibility index (Phi) is 3.25. The molecule has 0 radical (unpaired) electrons. The van der Waals surface area contributed by atoms with Gasteiger partial charge in [-0.2, -0.15) is 0 Å². The Morgan fingerprint density at radius 3 is 2.67 bits per heavy atom. The van der Waals surface area contributed by atoms with E-state index in [1.807, 2.05) is 0 Å². The maximum atomic E-state index is 11.3. The highest BCUT2D eigenvalue weighted by Crippen LogP contribution is 2.24. The Morgan fingerprint density at radius 1 is 1.44 bits per heavy atom. The lowest BCUT2D eigenvalue weighted by Crippen LogP contribution is -2.21. The summed E-state index contributed by atoms with van der Waals surface area (Å²) in [7, 11) is -2.92. The summed E-state index contributed by atoms with van der Waals surface area (Å²) in [5.41, 5.74) is 1.54. The minimum Gasteiger partial charge on any atom is -0.381 e. The van der Waals surface area contributed by atoms with Crippen molar-refractivity contribution in [3.63, 3.8) is 0 Å². The number of nitrogens with zero attached hydrogens (tertiary/aromatic N) is 1. The Hall–Kier alpha value is -1.63. The second kappa shape index (κ2) is 4.56. The van der Waals surface area contributed by atoms with Crippen molar-refractivity contribution < 1.29 is 13.3 Å². The van der Waals surface area contributed by atoms with Crippen molar-refractivity contribution in [2.24, 2.45) is 0 Å². The number of benzene rings is 1. The van der Waals surface area contributed by atoms with Gasteiger partial charge in [-0.25, -0.2) is 8.42 Å². The van der Waals surface area contributed by atoms with Crippen LogP contribution >= 0.6 is 0 Å². The van der Waals surface area contributed by atoms with Gasteiger partial charge in [0.05, 0.1) is 16.4 Å². The van der Waals surface area contributed by atoms with Crippen LogP contribution in [0.15, 0.2) is 18.2 Å². The smallest absolute Gasteiger partial charge is 0.269 e. The van der Waals surface area contributed by atoms with Gasteiger partial charge in [0.15, 0.2) is 9.84 Å². The number of sulfone groups is 1. The molecule has 1 aliphatic rings. The number of nitro benzene ring substituents is 1. The van der Waals surface area contributed by atoms with Gasteiger partial charge in [-0.1, -0.05) is 0 Å². The normalized spacial score (nSPS) is 21.7. The predicted molar refractivity (Wildman–Crippen MR) is 68.5 cm³/mol. The van der Waals surface area contributed by atoms with E-state index in [2.05, 4.69) is 5.32 Å². The average molecular weight is 270 g/mol. The number of nitro groups is 1. The van der Waals surface area contributed by atoms with Crippen LogP contribution in [-0.4, -0.2) is 30.9 Å². The zero-order valence-electron chi connectivity index (χ0n) is 9.92. The topological polar surface area (TPSA) is 89.3 Å². The molecule has 0 amide bonds. The first-order valence-electron chi connectivity index (χ1n) is 5.59. The van der Waals surface area contributed by atoms with Crippen LogP contribution in [0.25, 0.3) is 0 Å². The number of rotatable bonds is 3. The monoisotopic (exact) mass is 270 g/mol. The number of hydrogen-bond donors (Lipinski definition) is 1. The Labute approximate surface area is 105 Å². The van der Waals surface area contributed by atoms with Crippen LogP contribution in [0, 0.1) is 17.0 Å². The summed E-state index contributed by atoms with van der Waals surface area (Å²) in [5.74, 6) is 0.333. The summed E-state index contributed by atoms with van der Waals surface area (Å²) in [5, 5.41) is 13.7. The van der Waals surface area contributed by atoms with E-state index in [-0.39, 0.29) is 23.2 Å². The lowest BCUT2D eigenvalue weighted by atomic mass is 10.1. The van der Waals surface area contributed by atoms with Crippen molar-refractivity contribution in [1.29, 1.82) is 0 Å². The second-order valence-corrected chi connectivity index (χ2v) is 6.73. The molecule has 1 heterocycles. The molecule has 1 unspecified atom stereocenters. The Bertz CT molecular complexity index is 583. The van der Waals surface area contributed by atoms with Gasteiger partial charge in [-0.3, -0.25) is 10.1 Å². The fraction of sp³-hybridized carbons (Fsp3) is 0.455. The van der Waals surface area contributed by atoms with E-state index >= 15 is 0 Å². The Morgan fingerprint density at radius 2 is 2.17 bits per heavy atom. The number of aryl methyl sites for hydroxylation is 1. The zero-order valence-corrected chi connectivity index (χ0v) is 10.7. The molecule has 0 aliphatic carbocycles. The van der Waals surface area contributed by atoms with E-state index in [9.17, 15) is 18.5 Å². The van der Waals surface area contributed by atoms with Gasteiger partial charge in [0, 0.05) is 23.9 Å². The third-order valence-corrected chi connectivity index (χ3v) is 4.78. The summed E-state index contributed by atoms with van der Waals surface area (Å²) >= 11 is 0. The van der Waals surface area contributed by atoms with E-state index in [4.69, 9.17) is 0 Å². The summed E-state index contributed by atoms with van der Waals surface area (Å²) in [4.78, 5) is 10.2. The second-order valence-electron chi connectivity index (χ2n) is 4.50. The lowest BCUT2D eigenvalue weighted by molar-refractivity contribution is -0.384. The van der Waals surface area contributed by atoms with Gasteiger partial charge in [-0.15, -0.1) is 0 Å². The molecule has 1 aromatic carbocycles. The first-order chi connectivity index (χ1) is 8.37. The highest BCUT2D eigenvalue weighted by Gasteiger charge is 2.28. The SMILES string of the molecule is Cc1cc([N+](=O)[O-])ccc1NC1CCS(=O)(=O)C1. The zero-order chi connectivity index (χ0) is 13.3.